The van der Waals surface area contributed by atoms with Crippen molar-refractivity contribution < 1.29 is 0 Å². The zero-order valence-corrected chi connectivity index (χ0v) is 13.4. The lowest BCUT2D eigenvalue weighted by molar-refractivity contribution is 0.423. The molecule has 1 unspecified atom stereocenters. The van der Waals surface area contributed by atoms with Crippen LogP contribution in [0.2, 0.25) is 5.02 Å². The number of halogens is 1. The molecule has 0 amide bonds. The molecule has 1 aromatic carbocycles. The number of hydrogen-bond acceptors (Lipinski definition) is 3. The summed E-state index contributed by atoms with van der Waals surface area (Å²) in [4.78, 5) is 8.71. The van der Waals surface area contributed by atoms with E-state index in [0.717, 1.165) is 24.4 Å². The largest absolute Gasteiger partial charge is 0.261 e. The molecule has 1 fully saturated rings. The first kappa shape index (κ1) is 14.4. The van der Waals surface area contributed by atoms with Crippen molar-refractivity contribution in [2.75, 3.05) is 0 Å². The Morgan fingerprint density at radius 1 is 1.13 bits per heavy atom. The van der Waals surface area contributed by atoms with Crippen LogP contribution in [0.1, 0.15) is 30.0 Å². The van der Waals surface area contributed by atoms with Crippen molar-refractivity contribution in [3.8, 4) is 0 Å². The van der Waals surface area contributed by atoms with Crippen molar-refractivity contribution in [1.29, 1.82) is 0 Å². The van der Waals surface area contributed by atoms with Crippen molar-refractivity contribution in [3.05, 3.63) is 77.6 Å². The van der Waals surface area contributed by atoms with E-state index in [1.807, 2.05) is 29.1 Å². The van der Waals surface area contributed by atoms with Crippen LogP contribution in [-0.4, -0.2) is 19.7 Å². The second-order valence-corrected chi connectivity index (χ2v) is 6.53. The van der Waals surface area contributed by atoms with Crippen molar-refractivity contribution in [2.24, 2.45) is 0 Å². The summed E-state index contributed by atoms with van der Waals surface area (Å²) in [7, 11) is 0. The summed E-state index contributed by atoms with van der Waals surface area (Å²) in [6.45, 7) is 0.790. The van der Waals surface area contributed by atoms with E-state index < -0.39 is 0 Å². The molecule has 0 N–H and O–H groups in total. The highest BCUT2D eigenvalue weighted by atomic mass is 35.5. The number of aromatic nitrogens is 4. The van der Waals surface area contributed by atoms with Crippen molar-refractivity contribution in [1.82, 2.24) is 19.7 Å². The van der Waals surface area contributed by atoms with Crippen LogP contribution in [0.15, 0.2) is 61.3 Å². The van der Waals surface area contributed by atoms with E-state index in [1.165, 1.54) is 11.3 Å². The Morgan fingerprint density at radius 2 is 1.96 bits per heavy atom. The van der Waals surface area contributed by atoms with Crippen LogP contribution in [0.3, 0.4) is 0 Å². The Balaban J connectivity index is 1.74. The Kier molecular flexibility index (Phi) is 3.62. The number of hydrogen-bond donors (Lipinski definition) is 0. The summed E-state index contributed by atoms with van der Waals surface area (Å²) in [6.07, 6.45) is 7.53. The number of nitrogens with zero attached hydrogens (tertiary/aromatic N) is 4. The number of rotatable bonds is 5. The van der Waals surface area contributed by atoms with E-state index >= 15 is 0 Å². The van der Waals surface area contributed by atoms with E-state index in [1.54, 1.807) is 12.7 Å². The normalized spacial score (nSPS) is 16.9. The summed E-state index contributed by atoms with van der Waals surface area (Å²) in [5, 5.41) is 5.05. The highest BCUT2D eigenvalue weighted by molar-refractivity contribution is 6.30. The van der Waals surface area contributed by atoms with Gasteiger partial charge in [-0.3, -0.25) is 9.67 Å². The third-order valence-corrected chi connectivity index (χ3v) is 4.99. The number of pyridine rings is 1. The van der Waals surface area contributed by atoms with Gasteiger partial charge in [0, 0.05) is 28.2 Å². The van der Waals surface area contributed by atoms with Crippen LogP contribution >= 0.6 is 11.6 Å². The lowest BCUT2D eigenvalue weighted by Gasteiger charge is -2.27. The molecular weight excluding hydrogens is 308 g/mol. The van der Waals surface area contributed by atoms with Crippen LogP contribution < -0.4 is 0 Å². The fourth-order valence-electron chi connectivity index (χ4n) is 3.38. The van der Waals surface area contributed by atoms with Gasteiger partial charge in [-0.15, -0.1) is 0 Å². The van der Waals surface area contributed by atoms with Gasteiger partial charge in [0.1, 0.15) is 12.7 Å². The topological polar surface area (TPSA) is 43.6 Å². The molecule has 1 aliphatic rings. The fourth-order valence-corrected chi connectivity index (χ4v) is 3.51. The predicted octanol–water partition coefficient (Wildman–Crippen LogP) is 3.84. The van der Waals surface area contributed by atoms with Crippen molar-refractivity contribution >= 4 is 11.6 Å². The summed E-state index contributed by atoms with van der Waals surface area (Å²) in [6, 6.07) is 14.3. The molecule has 0 spiro atoms. The summed E-state index contributed by atoms with van der Waals surface area (Å²) >= 11 is 6.07. The second-order valence-electron chi connectivity index (χ2n) is 6.09. The second kappa shape index (κ2) is 5.78. The van der Waals surface area contributed by atoms with Crippen LogP contribution in [-0.2, 0) is 12.0 Å². The molecule has 23 heavy (non-hydrogen) atoms. The minimum absolute atomic E-state index is 0.0844. The Morgan fingerprint density at radius 3 is 2.57 bits per heavy atom. The van der Waals surface area contributed by atoms with Gasteiger partial charge in [-0.25, -0.2) is 4.98 Å². The molecule has 0 aliphatic heterocycles. The van der Waals surface area contributed by atoms with E-state index in [4.69, 9.17) is 11.6 Å². The van der Waals surface area contributed by atoms with Crippen molar-refractivity contribution in [2.45, 2.75) is 30.7 Å². The molecule has 2 aromatic heterocycles. The Labute approximate surface area is 140 Å². The van der Waals surface area contributed by atoms with Gasteiger partial charge in [0.2, 0.25) is 0 Å². The SMILES string of the molecule is Clc1ccc(C(Cn2cncn2)C2(c3ccccn3)CC2)cc1. The molecule has 116 valence electrons. The van der Waals surface area contributed by atoms with Crippen LogP contribution in [0.5, 0.6) is 0 Å². The first-order valence-corrected chi connectivity index (χ1v) is 8.15. The molecule has 0 saturated heterocycles. The molecule has 3 aromatic rings. The standard InChI is InChI=1S/C18H17ClN4/c19-15-6-4-14(5-7-15)16(11-23-13-20-12-22-23)18(8-9-18)17-3-1-2-10-21-17/h1-7,10,12-13,16H,8-9,11H2. The molecule has 0 radical (unpaired) electrons. The van der Waals surface area contributed by atoms with E-state index in [0.29, 0.717) is 5.92 Å². The highest BCUT2D eigenvalue weighted by Crippen LogP contribution is 2.57. The first-order chi connectivity index (χ1) is 11.3. The van der Waals surface area contributed by atoms with Gasteiger partial charge in [0.05, 0.1) is 6.54 Å². The zero-order chi connectivity index (χ0) is 15.7. The van der Waals surface area contributed by atoms with E-state index in [9.17, 15) is 0 Å². The van der Waals surface area contributed by atoms with Crippen LogP contribution in [0, 0.1) is 0 Å². The summed E-state index contributed by atoms with van der Waals surface area (Å²) in [5.41, 5.74) is 2.52. The average Bonchev–Trinajstić information content (AvgIpc) is 3.24. The Bertz CT molecular complexity index is 765. The quantitative estimate of drug-likeness (QED) is 0.716. The van der Waals surface area contributed by atoms with Gasteiger partial charge in [-0.05, 0) is 42.7 Å². The molecule has 4 rings (SSSR count). The fraction of sp³-hybridized carbons (Fsp3) is 0.278. The molecule has 0 bridgehead atoms. The molecule has 1 aliphatic carbocycles. The zero-order valence-electron chi connectivity index (χ0n) is 12.6. The number of benzene rings is 1. The van der Waals surface area contributed by atoms with Gasteiger partial charge in [-0.1, -0.05) is 29.8 Å². The smallest absolute Gasteiger partial charge is 0.137 e. The lowest BCUT2D eigenvalue weighted by atomic mass is 9.80. The Hall–Kier alpha value is -2.20. The van der Waals surface area contributed by atoms with Gasteiger partial charge >= 0.3 is 0 Å². The van der Waals surface area contributed by atoms with Crippen molar-refractivity contribution in [3.63, 3.8) is 0 Å². The monoisotopic (exact) mass is 324 g/mol. The lowest BCUT2D eigenvalue weighted by Crippen LogP contribution is -2.24. The van der Waals surface area contributed by atoms with Gasteiger partial charge < -0.3 is 0 Å². The highest BCUT2D eigenvalue weighted by Gasteiger charge is 2.52. The minimum Gasteiger partial charge on any atom is -0.261 e. The predicted molar refractivity (Wildman–Crippen MR) is 89.4 cm³/mol. The van der Waals surface area contributed by atoms with Crippen LogP contribution in [0.4, 0.5) is 0 Å². The van der Waals surface area contributed by atoms with E-state index in [2.05, 4.69) is 39.3 Å². The van der Waals surface area contributed by atoms with Crippen LogP contribution in [0.25, 0.3) is 0 Å². The maximum absolute atomic E-state index is 6.07. The first-order valence-electron chi connectivity index (χ1n) is 7.77. The molecule has 1 atom stereocenters. The van der Waals surface area contributed by atoms with E-state index in [-0.39, 0.29) is 5.41 Å². The third-order valence-electron chi connectivity index (χ3n) is 4.74. The maximum Gasteiger partial charge on any atom is 0.137 e. The summed E-state index contributed by atoms with van der Waals surface area (Å²) in [5.74, 6) is 0.302. The molecule has 1 saturated carbocycles. The average molecular weight is 325 g/mol. The molecule has 5 heteroatoms. The minimum atomic E-state index is 0.0844. The molecular formula is C18H17ClN4. The molecule has 2 heterocycles. The third kappa shape index (κ3) is 2.75. The maximum atomic E-state index is 6.07. The summed E-state index contributed by atoms with van der Waals surface area (Å²) < 4.78 is 1.91. The van der Waals surface area contributed by atoms with Gasteiger partial charge in [-0.2, -0.15) is 5.10 Å². The van der Waals surface area contributed by atoms with Gasteiger partial charge in [0.25, 0.3) is 0 Å². The molecule has 4 nitrogen and oxygen atoms in total. The van der Waals surface area contributed by atoms with Gasteiger partial charge in [0.15, 0.2) is 0 Å².